The third kappa shape index (κ3) is 3.60. The van der Waals surface area contributed by atoms with E-state index in [-0.39, 0.29) is 35.7 Å². The lowest BCUT2D eigenvalue weighted by Gasteiger charge is -2.32. The Morgan fingerprint density at radius 1 is 1.16 bits per heavy atom. The molecular weight excluding hydrogens is 326 g/mol. The zero-order valence-electron chi connectivity index (χ0n) is 14.3. The van der Waals surface area contributed by atoms with Gasteiger partial charge in [0.2, 0.25) is 11.8 Å². The molecule has 0 aromatic carbocycles. The maximum Gasteiger partial charge on any atom is 0.344 e. The summed E-state index contributed by atoms with van der Waals surface area (Å²) in [6.45, 7) is 1.88. The Bertz CT molecular complexity index is 587. The van der Waals surface area contributed by atoms with Crippen molar-refractivity contribution in [2.75, 3.05) is 6.54 Å². The quantitative estimate of drug-likeness (QED) is 0.334. The highest BCUT2D eigenvalue weighted by Gasteiger charge is 2.46. The monoisotopic (exact) mass is 351 g/mol. The lowest BCUT2D eigenvalue weighted by Crippen LogP contribution is -2.52. The van der Waals surface area contributed by atoms with Crippen LogP contribution < -0.4 is 10.6 Å². The standard InChI is InChI=1S/C16H25N5O4/c1-9(22)18-11-4-2-10(3-5-11)15(23)19-14(17)13-7-6-12-8-20(13)16(24)21(12)25/h10-13,25H,2-8H2,1H3,(H,18,22)(H2,17,19,23)/t10?,11?,12-,13+/m1/s1. The summed E-state index contributed by atoms with van der Waals surface area (Å²) in [4.78, 5) is 36.9. The fourth-order valence-corrected chi connectivity index (χ4v) is 4.06. The first-order valence-corrected chi connectivity index (χ1v) is 8.82. The molecule has 0 spiro atoms. The molecule has 2 aliphatic heterocycles. The summed E-state index contributed by atoms with van der Waals surface area (Å²) in [6, 6.07) is -1.08. The number of urea groups is 1. The van der Waals surface area contributed by atoms with Gasteiger partial charge in [-0.05, 0) is 38.5 Å². The molecule has 2 bridgehead atoms. The Morgan fingerprint density at radius 3 is 2.48 bits per heavy atom. The average Bonchev–Trinajstić information content (AvgIpc) is 2.79. The van der Waals surface area contributed by atoms with Gasteiger partial charge in [0.1, 0.15) is 5.84 Å². The van der Waals surface area contributed by atoms with Gasteiger partial charge in [-0.25, -0.2) is 9.86 Å². The predicted molar refractivity (Wildman–Crippen MR) is 88.0 cm³/mol. The summed E-state index contributed by atoms with van der Waals surface area (Å²) < 4.78 is 0. The van der Waals surface area contributed by atoms with E-state index in [1.54, 1.807) is 0 Å². The van der Waals surface area contributed by atoms with Crippen molar-refractivity contribution in [2.24, 2.45) is 5.92 Å². The molecule has 3 rings (SSSR count). The molecule has 1 saturated carbocycles. The number of hydroxylamine groups is 2. The molecule has 9 nitrogen and oxygen atoms in total. The number of hydrogen-bond acceptors (Lipinski definition) is 5. The van der Waals surface area contributed by atoms with E-state index in [1.165, 1.54) is 11.8 Å². The lowest BCUT2D eigenvalue weighted by molar-refractivity contribution is -0.124. The van der Waals surface area contributed by atoms with Crippen molar-refractivity contribution in [2.45, 2.75) is 63.6 Å². The number of nitrogens with zero attached hydrogens (tertiary/aromatic N) is 2. The smallest absolute Gasteiger partial charge is 0.344 e. The molecule has 0 aromatic rings. The third-order valence-electron chi connectivity index (χ3n) is 5.44. The van der Waals surface area contributed by atoms with E-state index in [0.717, 1.165) is 17.9 Å². The van der Waals surface area contributed by atoms with Crippen LogP contribution >= 0.6 is 0 Å². The third-order valence-corrected chi connectivity index (χ3v) is 5.44. The molecule has 25 heavy (non-hydrogen) atoms. The molecule has 138 valence electrons. The SMILES string of the molecule is CC(=O)NC1CCC(C(=O)NC(=N)[C@@H]2CC[C@@H]3CN2C(=O)N3O)CC1. The highest BCUT2D eigenvalue weighted by atomic mass is 16.5. The van der Waals surface area contributed by atoms with Gasteiger partial charge in [0, 0.05) is 25.4 Å². The molecule has 4 amide bonds. The number of hydrogen-bond donors (Lipinski definition) is 4. The first-order valence-electron chi connectivity index (χ1n) is 8.82. The molecule has 2 saturated heterocycles. The topological polar surface area (TPSA) is 126 Å². The fraction of sp³-hybridized carbons (Fsp3) is 0.750. The minimum Gasteiger partial charge on any atom is -0.354 e. The van der Waals surface area contributed by atoms with Gasteiger partial charge >= 0.3 is 6.03 Å². The van der Waals surface area contributed by atoms with Crippen molar-refractivity contribution >= 4 is 23.7 Å². The molecule has 0 radical (unpaired) electrons. The van der Waals surface area contributed by atoms with Crippen LogP contribution in [0.2, 0.25) is 0 Å². The Hall–Kier alpha value is -2.16. The highest BCUT2D eigenvalue weighted by Crippen LogP contribution is 2.29. The Labute approximate surface area is 146 Å². The van der Waals surface area contributed by atoms with Crippen LogP contribution in [0.1, 0.15) is 45.4 Å². The van der Waals surface area contributed by atoms with Crippen LogP contribution in [0.25, 0.3) is 0 Å². The van der Waals surface area contributed by atoms with Gasteiger partial charge in [-0.1, -0.05) is 0 Å². The number of rotatable bonds is 3. The van der Waals surface area contributed by atoms with E-state index in [4.69, 9.17) is 5.41 Å². The van der Waals surface area contributed by atoms with E-state index in [2.05, 4.69) is 10.6 Å². The molecule has 4 N–H and O–H groups in total. The van der Waals surface area contributed by atoms with Gasteiger partial charge < -0.3 is 15.5 Å². The summed E-state index contributed by atoms with van der Waals surface area (Å²) in [5.74, 6) is -0.402. The fourth-order valence-electron chi connectivity index (χ4n) is 4.06. The Morgan fingerprint density at radius 2 is 1.84 bits per heavy atom. The van der Waals surface area contributed by atoms with Crippen molar-refractivity contribution in [3.63, 3.8) is 0 Å². The van der Waals surface area contributed by atoms with E-state index in [9.17, 15) is 19.6 Å². The second kappa shape index (κ2) is 6.99. The molecule has 9 heteroatoms. The first-order chi connectivity index (χ1) is 11.9. The molecule has 0 aromatic heterocycles. The number of carbonyl (C=O) groups excluding carboxylic acids is 3. The summed E-state index contributed by atoms with van der Waals surface area (Å²) >= 11 is 0. The second-order valence-electron chi connectivity index (χ2n) is 7.18. The molecular formula is C16H25N5O4. The van der Waals surface area contributed by atoms with Gasteiger partial charge in [-0.15, -0.1) is 0 Å². The molecule has 1 aliphatic carbocycles. The Balaban J connectivity index is 1.51. The molecule has 2 heterocycles. The first kappa shape index (κ1) is 17.7. The van der Waals surface area contributed by atoms with Crippen LogP contribution in [0, 0.1) is 11.3 Å². The van der Waals surface area contributed by atoms with Gasteiger partial charge in [0.15, 0.2) is 0 Å². The number of amides is 4. The minimum absolute atomic E-state index is 0.0242. The summed E-state index contributed by atoms with van der Waals surface area (Å²) in [6.07, 6.45) is 4.01. The second-order valence-corrected chi connectivity index (χ2v) is 7.18. The van der Waals surface area contributed by atoms with Crippen LogP contribution in [0.5, 0.6) is 0 Å². The van der Waals surface area contributed by atoms with Crippen molar-refractivity contribution in [1.82, 2.24) is 20.6 Å². The Kier molecular flexibility index (Phi) is 4.94. The molecule has 0 unspecified atom stereocenters. The van der Waals surface area contributed by atoms with Gasteiger partial charge in [-0.3, -0.25) is 20.2 Å². The predicted octanol–water partition coefficient (Wildman–Crippen LogP) is 0.433. The van der Waals surface area contributed by atoms with Crippen molar-refractivity contribution in [1.29, 1.82) is 5.41 Å². The van der Waals surface area contributed by atoms with Crippen LogP contribution in [0.3, 0.4) is 0 Å². The maximum atomic E-state index is 12.4. The number of fused-ring (bicyclic) bond motifs is 2. The molecule has 3 aliphatic rings. The van der Waals surface area contributed by atoms with Crippen molar-refractivity contribution < 1.29 is 19.6 Å². The van der Waals surface area contributed by atoms with Gasteiger partial charge in [0.25, 0.3) is 0 Å². The van der Waals surface area contributed by atoms with Crippen LogP contribution in [-0.2, 0) is 9.59 Å². The van der Waals surface area contributed by atoms with E-state index >= 15 is 0 Å². The molecule has 2 atom stereocenters. The minimum atomic E-state index is -0.498. The van der Waals surface area contributed by atoms with E-state index in [1.807, 2.05) is 0 Å². The summed E-state index contributed by atoms with van der Waals surface area (Å²) in [7, 11) is 0. The number of piperidine rings is 1. The summed E-state index contributed by atoms with van der Waals surface area (Å²) in [5.41, 5.74) is 0. The van der Waals surface area contributed by atoms with Crippen LogP contribution in [0.15, 0.2) is 0 Å². The van der Waals surface area contributed by atoms with E-state index in [0.29, 0.717) is 32.2 Å². The zero-order chi connectivity index (χ0) is 18.1. The van der Waals surface area contributed by atoms with E-state index < -0.39 is 12.1 Å². The average molecular weight is 351 g/mol. The normalized spacial score (nSPS) is 31.7. The lowest BCUT2D eigenvalue weighted by atomic mass is 9.85. The van der Waals surface area contributed by atoms with Crippen molar-refractivity contribution in [3.8, 4) is 0 Å². The molecule has 3 fully saturated rings. The largest absolute Gasteiger partial charge is 0.354 e. The van der Waals surface area contributed by atoms with Gasteiger partial charge in [0.05, 0.1) is 12.1 Å². The van der Waals surface area contributed by atoms with Crippen LogP contribution in [0.4, 0.5) is 4.79 Å². The number of amidine groups is 1. The zero-order valence-corrected chi connectivity index (χ0v) is 14.3. The van der Waals surface area contributed by atoms with Crippen LogP contribution in [-0.4, -0.2) is 63.5 Å². The maximum absolute atomic E-state index is 12.4. The summed E-state index contributed by atoms with van der Waals surface area (Å²) in [5, 5.41) is 24.2. The number of carbonyl (C=O) groups is 3. The van der Waals surface area contributed by atoms with Gasteiger partial charge in [-0.2, -0.15) is 0 Å². The highest BCUT2D eigenvalue weighted by molar-refractivity contribution is 6.01. The van der Waals surface area contributed by atoms with Crippen molar-refractivity contribution in [3.05, 3.63) is 0 Å². The number of nitrogens with one attached hydrogen (secondary N) is 3.